The van der Waals surface area contributed by atoms with Crippen molar-refractivity contribution in [2.75, 3.05) is 13.1 Å². The number of amides is 1. The third kappa shape index (κ3) is 3.91. The van der Waals surface area contributed by atoms with E-state index in [0.717, 1.165) is 4.90 Å². The van der Waals surface area contributed by atoms with Gasteiger partial charge < -0.3 is 10.0 Å². The van der Waals surface area contributed by atoms with Crippen LogP contribution in [0.1, 0.15) is 16.8 Å². The maximum absolute atomic E-state index is 11.9. The smallest absolute Gasteiger partial charge is 0.323 e. The van der Waals surface area contributed by atoms with Crippen molar-refractivity contribution in [2.45, 2.75) is 6.42 Å². The number of carbonyl (C=O) groups is 2. The molecule has 1 amide bonds. The minimum Gasteiger partial charge on any atom is -0.480 e. The van der Waals surface area contributed by atoms with Gasteiger partial charge in [-0.2, -0.15) is 5.26 Å². The molecule has 0 spiro atoms. The summed E-state index contributed by atoms with van der Waals surface area (Å²) in [7, 11) is 0. The van der Waals surface area contributed by atoms with Gasteiger partial charge in [-0.05, 0) is 12.1 Å². The molecule has 0 radical (unpaired) electrons. The van der Waals surface area contributed by atoms with Gasteiger partial charge in [0.25, 0.3) is 5.91 Å². The second kappa shape index (κ2) is 6.23. The van der Waals surface area contributed by atoms with Crippen molar-refractivity contribution in [3.8, 4) is 6.07 Å². The lowest BCUT2D eigenvalue weighted by Gasteiger charge is -2.19. The van der Waals surface area contributed by atoms with E-state index in [1.54, 1.807) is 0 Å². The lowest BCUT2D eigenvalue weighted by Crippen LogP contribution is -2.36. The second-order valence-electron chi connectivity index (χ2n) is 3.26. The molecule has 0 bridgehead atoms. The van der Waals surface area contributed by atoms with E-state index in [2.05, 4.69) is 4.98 Å². The van der Waals surface area contributed by atoms with Crippen molar-refractivity contribution in [3.05, 3.63) is 30.1 Å². The van der Waals surface area contributed by atoms with Crippen molar-refractivity contribution in [3.63, 3.8) is 0 Å². The van der Waals surface area contributed by atoms with Gasteiger partial charge in [0.2, 0.25) is 0 Å². The number of nitrogens with zero attached hydrogens (tertiary/aromatic N) is 3. The second-order valence-corrected chi connectivity index (χ2v) is 3.26. The van der Waals surface area contributed by atoms with E-state index in [0.29, 0.717) is 5.56 Å². The van der Waals surface area contributed by atoms with Crippen LogP contribution in [0.25, 0.3) is 0 Å². The molecule has 88 valence electrons. The molecule has 0 atom stereocenters. The normalized spacial score (nSPS) is 9.35. The van der Waals surface area contributed by atoms with Gasteiger partial charge in [-0.25, -0.2) is 0 Å². The Morgan fingerprint density at radius 3 is 2.59 bits per heavy atom. The van der Waals surface area contributed by atoms with Crippen LogP contribution < -0.4 is 0 Å². The van der Waals surface area contributed by atoms with Gasteiger partial charge in [0.15, 0.2) is 0 Å². The Balaban J connectivity index is 2.79. The van der Waals surface area contributed by atoms with Crippen LogP contribution in [-0.2, 0) is 4.79 Å². The fourth-order valence-corrected chi connectivity index (χ4v) is 1.28. The largest absolute Gasteiger partial charge is 0.480 e. The van der Waals surface area contributed by atoms with Crippen LogP contribution in [0.4, 0.5) is 0 Å². The summed E-state index contributed by atoms with van der Waals surface area (Å²) in [5, 5.41) is 17.1. The molecule has 0 unspecified atom stereocenters. The number of rotatable bonds is 5. The summed E-state index contributed by atoms with van der Waals surface area (Å²) in [4.78, 5) is 27.4. The summed E-state index contributed by atoms with van der Waals surface area (Å²) in [6, 6.07) is 4.89. The molecule has 1 aromatic heterocycles. The van der Waals surface area contributed by atoms with E-state index >= 15 is 0 Å². The Bertz CT molecular complexity index is 439. The Kier molecular flexibility index (Phi) is 4.63. The van der Waals surface area contributed by atoms with Crippen molar-refractivity contribution < 1.29 is 14.7 Å². The highest BCUT2D eigenvalue weighted by molar-refractivity contribution is 5.95. The zero-order valence-corrected chi connectivity index (χ0v) is 9.04. The monoisotopic (exact) mass is 233 g/mol. The molecule has 1 N–H and O–H groups in total. The summed E-state index contributed by atoms with van der Waals surface area (Å²) in [5.41, 5.74) is 0.360. The van der Waals surface area contributed by atoms with E-state index in [9.17, 15) is 9.59 Å². The van der Waals surface area contributed by atoms with Crippen molar-refractivity contribution in [1.82, 2.24) is 9.88 Å². The molecule has 6 heteroatoms. The van der Waals surface area contributed by atoms with Crippen LogP contribution in [0.15, 0.2) is 24.5 Å². The maximum atomic E-state index is 11.9. The number of carboxylic acid groups (broad SMARTS) is 1. The highest BCUT2D eigenvalue weighted by Gasteiger charge is 2.17. The average Bonchev–Trinajstić information content (AvgIpc) is 2.34. The van der Waals surface area contributed by atoms with Gasteiger partial charge in [0, 0.05) is 24.5 Å². The molecule has 1 heterocycles. The first-order chi connectivity index (χ1) is 8.15. The van der Waals surface area contributed by atoms with Crippen LogP contribution >= 0.6 is 0 Å². The van der Waals surface area contributed by atoms with E-state index in [1.165, 1.54) is 24.5 Å². The SMILES string of the molecule is N#CCCN(CC(=O)O)C(=O)c1ccncc1. The van der Waals surface area contributed by atoms with Crippen molar-refractivity contribution in [2.24, 2.45) is 0 Å². The number of pyridine rings is 1. The first kappa shape index (κ1) is 12.6. The Hall–Kier alpha value is -2.42. The number of aromatic nitrogens is 1. The average molecular weight is 233 g/mol. The molecule has 1 aromatic rings. The molecule has 0 aliphatic rings. The lowest BCUT2D eigenvalue weighted by atomic mass is 10.2. The maximum Gasteiger partial charge on any atom is 0.323 e. The van der Waals surface area contributed by atoms with Crippen LogP contribution in [-0.4, -0.2) is 40.0 Å². The number of carboxylic acids is 1. The van der Waals surface area contributed by atoms with E-state index in [-0.39, 0.29) is 13.0 Å². The van der Waals surface area contributed by atoms with Crippen molar-refractivity contribution in [1.29, 1.82) is 5.26 Å². The predicted octanol–water partition coefficient (Wildman–Crippen LogP) is 0.522. The first-order valence-corrected chi connectivity index (χ1v) is 4.93. The lowest BCUT2D eigenvalue weighted by molar-refractivity contribution is -0.137. The fourth-order valence-electron chi connectivity index (χ4n) is 1.28. The predicted molar refractivity (Wildman–Crippen MR) is 58.0 cm³/mol. The van der Waals surface area contributed by atoms with Gasteiger partial charge >= 0.3 is 5.97 Å². The van der Waals surface area contributed by atoms with Crippen molar-refractivity contribution >= 4 is 11.9 Å². The van der Waals surface area contributed by atoms with E-state index in [1.807, 2.05) is 6.07 Å². The van der Waals surface area contributed by atoms with Gasteiger partial charge in [-0.1, -0.05) is 0 Å². The summed E-state index contributed by atoms with van der Waals surface area (Å²) in [5.74, 6) is -1.52. The van der Waals surface area contributed by atoms with Crippen LogP contribution in [0.3, 0.4) is 0 Å². The molecule has 0 saturated carbocycles. The molecule has 17 heavy (non-hydrogen) atoms. The Morgan fingerprint density at radius 2 is 2.06 bits per heavy atom. The number of nitriles is 1. The standard InChI is InChI=1S/C11H11N3O3/c12-4-1-7-14(8-10(15)16)11(17)9-2-5-13-6-3-9/h2-3,5-6H,1,7-8H2,(H,15,16). The van der Waals surface area contributed by atoms with Gasteiger partial charge in [0.1, 0.15) is 6.54 Å². The molecule has 1 rings (SSSR count). The summed E-state index contributed by atoms with van der Waals surface area (Å²) in [6.07, 6.45) is 3.01. The van der Waals surface area contributed by atoms with Crippen LogP contribution in [0.2, 0.25) is 0 Å². The quantitative estimate of drug-likeness (QED) is 0.800. The summed E-state index contributed by atoms with van der Waals surface area (Å²) >= 11 is 0. The molecule has 0 aliphatic carbocycles. The third-order valence-corrected chi connectivity index (χ3v) is 2.03. The number of carbonyl (C=O) groups excluding carboxylic acids is 1. The van der Waals surface area contributed by atoms with Gasteiger partial charge in [-0.15, -0.1) is 0 Å². The zero-order valence-electron chi connectivity index (χ0n) is 9.04. The highest BCUT2D eigenvalue weighted by atomic mass is 16.4. The third-order valence-electron chi connectivity index (χ3n) is 2.03. The molecular formula is C11H11N3O3. The number of aliphatic carboxylic acids is 1. The number of hydrogen-bond acceptors (Lipinski definition) is 4. The zero-order chi connectivity index (χ0) is 12.7. The summed E-state index contributed by atoms with van der Waals surface area (Å²) < 4.78 is 0. The van der Waals surface area contributed by atoms with Gasteiger partial charge in [-0.3, -0.25) is 14.6 Å². The minimum absolute atomic E-state index is 0.101. The van der Waals surface area contributed by atoms with Crippen LogP contribution in [0, 0.1) is 11.3 Å². The van der Waals surface area contributed by atoms with Gasteiger partial charge in [0.05, 0.1) is 12.5 Å². The molecule has 0 fully saturated rings. The molecule has 0 aromatic carbocycles. The Morgan fingerprint density at radius 1 is 1.41 bits per heavy atom. The van der Waals surface area contributed by atoms with Crippen LogP contribution in [0.5, 0.6) is 0 Å². The topological polar surface area (TPSA) is 94.3 Å². The van der Waals surface area contributed by atoms with E-state index in [4.69, 9.17) is 10.4 Å². The molecule has 0 aliphatic heterocycles. The minimum atomic E-state index is -1.11. The fraction of sp³-hybridized carbons (Fsp3) is 0.273. The first-order valence-electron chi connectivity index (χ1n) is 4.93. The van der Waals surface area contributed by atoms with E-state index < -0.39 is 18.4 Å². The summed E-state index contributed by atoms with van der Waals surface area (Å²) in [6.45, 7) is -0.313. The molecule has 6 nitrogen and oxygen atoms in total. The number of hydrogen-bond donors (Lipinski definition) is 1. The molecular weight excluding hydrogens is 222 g/mol. The highest BCUT2D eigenvalue weighted by Crippen LogP contribution is 2.04. The Labute approximate surface area is 98.1 Å². The molecule has 0 saturated heterocycles.